The van der Waals surface area contributed by atoms with Crippen LogP contribution in [0.2, 0.25) is 0 Å². The number of hydrogen-bond acceptors (Lipinski definition) is 3. The minimum atomic E-state index is -1.97. The Morgan fingerprint density at radius 1 is 1.24 bits per heavy atom. The standard InChI is InChI=1S/C13H16O4/c14-11-8-4-3-7-10(11)13(17,12(15)16)9-5-1-2-6-9/h3-4,7-9,14,17H,1-2,5-6H2,(H,15,16). The van der Waals surface area contributed by atoms with E-state index in [1.165, 1.54) is 12.1 Å². The highest BCUT2D eigenvalue weighted by Crippen LogP contribution is 2.43. The van der Waals surface area contributed by atoms with Gasteiger partial charge in [-0.1, -0.05) is 31.0 Å². The summed E-state index contributed by atoms with van der Waals surface area (Å²) in [5.74, 6) is -1.77. The molecule has 0 amide bonds. The molecule has 1 atom stereocenters. The number of rotatable bonds is 3. The van der Waals surface area contributed by atoms with E-state index in [0.717, 1.165) is 12.8 Å². The van der Waals surface area contributed by atoms with E-state index in [-0.39, 0.29) is 17.2 Å². The molecule has 1 fully saturated rings. The number of phenolic OH excluding ortho intramolecular Hbond substituents is 1. The molecule has 4 nitrogen and oxygen atoms in total. The maximum Gasteiger partial charge on any atom is 0.340 e. The topological polar surface area (TPSA) is 77.8 Å². The van der Waals surface area contributed by atoms with Gasteiger partial charge >= 0.3 is 5.97 Å². The highest BCUT2D eigenvalue weighted by atomic mass is 16.4. The Kier molecular flexibility index (Phi) is 3.07. The first-order valence-corrected chi connectivity index (χ1v) is 5.81. The van der Waals surface area contributed by atoms with Crippen molar-refractivity contribution in [3.8, 4) is 5.75 Å². The SMILES string of the molecule is O=C(O)C(O)(c1ccccc1O)C1CCCC1. The van der Waals surface area contributed by atoms with Crippen LogP contribution in [0.5, 0.6) is 5.75 Å². The molecule has 0 saturated heterocycles. The Hall–Kier alpha value is -1.55. The summed E-state index contributed by atoms with van der Waals surface area (Å²) < 4.78 is 0. The van der Waals surface area contributed by atoms with Gasteiger partial charge in [-0.2, -0.15) is 0 Å². The van der Waals surface area contributed by atoms with Crippen molar-refractivity contribution in [1.82, 2.24) is 0 Å². The molecule has 1 aliphatic carbocycles. The van der Waals surface area contributed by atoms with Crippen LogP contribution >= 0.6 is 0 Å². The molecule has 4 heteroatoms. The number of benzene rings is 1. The normalized spacial score (nSPS) is 20.1. The summed E-state index contributed by atoms with van der Waals surface area (Å²) in [6.45, 7) is 0. The third-order valence-corrected chi connectivity index (χ3v) is 3.59. The fourth-order valence-corrected chi connectivity index (χ4v) is 2.65. The Balaban J connectivity index is 2.47. The summed E-state index contributed by atoms with van der Waals surface area (Å²) in [7, 11) is 0. The van der Waals surface area contributed by atoms with Gasteiger partial charge in [-0.3, -0.25) is 0 Å². The first-order valence-electron chi connectivity index (χ1n) is 5.81. The van der Waals surface area contributed by atoms with Crippen LogP contribution < -0.4 is 0 Å². The lowest BCUT2D eigenvalue weighted by Gasteiger charge is -2.30. The van der Waals surface area contributed by atoms with Gasteiger partial charge < -0.3 is 15.3 Å². The molecule has 1 aromatic rings. The Morgan fingerprint density at radius 2 is 1.82 bits per heavy atom. The van der Waals surface area contributed by atoms with E-state index in [1.807, 2.05) is 0 Å². The third-order valence-electron chi connectivity index (χ3n) is 3.59. The van der Waals surface area contributed by atoms with Gasteiger partial charge in [0.15, 0.2) is 5.60 Å². The van der Waals surface area contributed by atoms with E-state index < -0.39 is 11.6 Å². The van der Waals surface area contributed by atoms with Crippen LogP contribution in [-0.4, -0.2) is 21.3 Å². The minimum absolute atomic E-state index is 0.0967. The third kappa shape index (κ3) is 1.89. The Morgan fingerprint density at radius 3 is 2.35 bits per heavy atom. The number of aliphatic carboxylic acids is 1. The summed E-state index contributed by atoms with van der Waals surface area (Å²) in [6.07, 6.45) is 3.20. The van der Waals surface area contributed by atoms with Gasteiger partial charge in [-0.25, -0.2) is 4.79 Å². The van der Waals surface area contributed by atoms with E-state index in [4.69, 9.17) is 0 Å². The van der Waals surface area contributed by atoms with Crippen molar-refractivity contribution in [2.45, 2.75) is 31.3 Å². The molecular formula is C13H16O4. The van der Waals surface area contributed by atoms with Gasteiger partial charge in [0.05, 0.1) is 0 Å². The molecule has 0 aromatic heterocycles. The van der Waals surface area contributed by atoms with Crippen molar-refractivity contribution in [3.05, 3.63) is 29.8 Å². The van der Waals surface area contributed by atoms with Crippen LogP contribution in [0.1, 0.15) is 31.2 Å². The molecule has 0 spiro atoms. The van der Waals surface area contributed by atoms with Crippen molar-refractivity contribution in [2.24, 2.45) is 5.92 Å². The van der Waals surface area contributed by atoms with Crippen molar-refractivity contribution < 1.29 is 20.1 Å². The number of phenols is 1. The largest absolute Gasteiger partial charge is 0.508 e. The van der Waals surface area contributed by atoms with E-state index in [9.17, 15) is 20.1 Å². The summed E-state index contributed by atoms with van der Waals surface area (Å²) in [6, 6.07) is 6.10. The molecule has 1 saturated carbocycles. The maximum absolute atomic E-state index is 11.4. The van der Waals surface area contributed by atoms with Crippen LogP contribution in [0, 0.1) is 5.92 Å². The number of hydrogen-bond donors (Lipinski definition) is 3. The van der Waals surface area contributed by atoms with Gasteiger partial charge in [-0.05, 0) is 18.9 Å². The number of carboxylic acid groups (broad SMARTS) is 1. The molecule has 1 aliphatic rings. The molecule has 1 aromatic carbocycles. The van der Waals surface area contributed by atoms with E-state index in [1.54, 1.807) is 12.1 Å². The first-order chi connectivity index (χ1) is 8.06. The first kappa shape index (κ1) is 11.9. The average Bonchev–Trinajstić information content (AvgIpc) is 2.82. The van der Waals surface area contributed by atoms with E-state index in [2.05, 4.69) is 0 Å². The minimum Gasteiger partial charge on any atom is -0.508 e. The Bertz CT molecular complexity index is 423. The number of carbonyl (C=O) groups is 1. The smallest absolute Gasteiger partial charge is 0.340 e. The van der Waals surface area contributed by atoms with Gasteiger partial charge in [0.2, 0.25) is 0 Å². The lowest BCUT2D eigenvalue weighted by Crippen LogP contribution is -2.42. The maximum atomic E-state index is 11.4. The highest BCUT2D eigenvalue weighted by molar-refractivity contribution is 5.80. The fourth-order valence-electron chi connectivity index (χ4n) is 2.65. The quantitative estimate of drug-likeness (QED) is 0.748. The van der Waals surface area contributed by atoms with Gasteiger partial charge in [0.25, 0.3) is 0 Å². The summed E-state index contributed by atoms with van der Waals surface area (Å²) in [5.41, 5.74) is -1.87. The van der Waals surface area contributed by atoms with Crippen LogP contribution in [0.3, 0.4) is 0 Å². The van der Waals surface area contributed by atoms with Crippen LogP contribution in [0.4, 0.5) is 0 Å². The zero-order valence-electron chi connectivity index (χ0n) is 9.47. The molecule has 3 N–H and O–H groups in total. The Labute approximate surface area is 99.5 Å². The van der Waals surface area contributed by atoms with Crippen LogP contribution in [0.25, 0.3) is 0 Å². The molecule has 92 valence electrons. The van der Waals surface area contributed by atoms with Crippen molar-refractivity contribution in [2.75, 3.05) is 0 Å². The van der Waals surface area contributed by atoms with Gasteiger partial charge in [-0.15, -0.1) is 0 Å². The van der Waals surface area contributed by atoms with Crippen molar-refractivity contribution >= 4 is 5.97 Å². The number of aliphatic hydroxyl groups is 1. The summed E-state index contributed by atoms with van der Waals surface area (Å²) >= 11 is 0. The molecule has 0 bridgehead atoms. The molecule has 0 aliphatic heterocycles. The zero-order chi connectivity index (χ0) is 12.5. The second kappa shape index (κ2) is 4.37. The number of carboxylic acids is 1. The fraction of sp³-hybridized carbons (Fsp3) is 0.462. The molecular weight excluding hydrogens is 220 g/mol. The van der Waals surface area contributed by atoms with Gasteiger partial charge in [0, 0.05) is 11.5 Å². The summed E-state index contributed by atoms with van der Waals surface area (Å²) in [5, 5.41) is 29.5. The predicted molar refractivity (Wildman–Crippen MR) is 61.6 cm³/mol. The lowest BCUT2D eigenvalue weighted by molar-refractivity contribution is -0.166. The number of aromatic hydroxyl groups is 1. The number of para-hydroxylation sites is 1. The van der Waals surface area contributed by atoms with E-state index >= 15 is 0 Å². The van der Waals surface area contributed by atoms with Crippen LogP contribution in [-0.2, 0) is 10.4 Å². The molecule has 0 radical (unpaired) electrons. The molecule has 0 heterocycles. The second-order valence-corrected chi connectivity index (χ2v) is 4.57. The average molecular weight is 236 g/mol. The van der Waals surface area contributed by atoms with Gasteiger partial charge in [0.1, 0.15) is 5.75 Å². The lowest BCUT2D eigenvalue weighted by atomic mass is 9.80. The summed E-state index contributed by atoms with van der Waals surface area (Å²) in [4.78, 5) is 11.4. The molecule has 17 heavy (non-hydrogen) atoms. The molecule has 1 unspecified atom stereocenters. The second-order valence-electron chi connectivity index (χ2n) is 4.57. The highest BCUT2D eigenvalue weighted by Gasteiger charge is 2.48. The molecule has 2 rings (SSSR count). The predicted octanol–water partition coefficient (Wildman–Crippen LogP) is 1.85. The van der Waals surface area contributed by atoms with Crippen molar-refractivity contribution in [1.29, 1.82) is 0 Å². The monoisotopic (exact) mass is 236 g/mol. The zero-order valence-corrected chi connectivity index (χ0v) is 9.47. The van der Waals surface area contributed by atoms with Crippen LogP contribution in [0.15, 0.2) is 24.3 Å². The van der Waals surface area contributed by atoms with E-state index in [0.29, 0.717) is 12.8 Å². The van der Waals surface area contributed by atoms with Crippen molar-refractivity contribution in [3.63, 3.8) is 0 Å².